The molecule has 0 atom stereocenters. The molecule has 20 heavy (non-hydrogen) atoms. The minimum absolute atomic E-state index is 0.182. The van der Waals surface area contributed by atoms with Gasteiger partial charge in [0.25, 0.3) is 0 Å². The Hall–Kier alpha value is -0.515. The largest absolute Gasteiger partial charge is 0.494 e. The average molecular weight is 296 g/mol. The number of rotatable bonds is 4. The Kier molecular flexibility index (Phi) is 4.52. The van der Waals surface area contributed by atoms with Gasteiger partial charge in [0.1, 0.15) is 5.82 Å². The molecule has 1 heterocycles. The molecule has 2 nitrogen and oxygen atoms in total. The first kappa shape index (κ1) is 15.9. The Morgan fingerprint density at radius 1 is 1.15 bits per heavy atom. The molecule has 5 heteroatoms. The highest BCUT2D eigenvalue weighted by molar-refractivity contribution is 7.98. The topological polar surface area (TPSA) is 18.5 Å². The fourth-order valence-electron chi connectivity index (χ4n) is 2.02. The zero-order valence-corrected chi connectivity index (χ0v) is 13.6. The second kappa shape index (κ2) is 5.70. The van der Waals surface area contributed by atoms with Crippen LogP contribution in [0, 0.1) is 5.82 Å². The quantitative estimate of drug-likeness (QED) is 0.794. The molecule has 0 spiro atoms. The van der Waals surface area contributed by atoms with Crippen molar-refractivity contribution in [1.82, 2.24) is 0 Å². The number of thioether (sulfide) groups is 1. The molecule has 1 aliphatic rings. The predicted molar refractivity (Wildman–Crippen MR) is 84.0 cm³/mol. The van der Waals surface area contributed by atoms with E-state index in [9.17, 15) is 4.39 Å². The van der Waals surface area contributed by atoms with Crippen LogP contribution in [0.5, 0.6) is 0 Å². The molecule has 1 aliphatic heterocycles. The van der Waals surface area contributed by atoms with Crippen molar-refractivity contribution in [1.29, 1.82) is 0 Å². The van der Waals surface area contributed by atoms with E-state index in [2.05, 4.69) is 6.92 Å². The van der Waals surface area contributed by atoms with Gasteiger partial charge < -0.3 is 9.31 Å². The maximum absolute atomic E-state index is 14.1. The Bertz CT molecular complexity index is 475. The molecule has 0 N–H and O–H groups in total. The van der Waals surface area contributed by atoms with Crippen LogP contribution in [-0.2, 0) is 15.1 Å². The van der Waals surface area contributed by atoms with Gasteiger partial charge in [0.15, 0.2) is 0 Å². The predicted octanol–water partition coefficient (Wildman–Crippen LogP) is 3.38. The Morgan fingerprint density at radius 2 is 1.75 bits per heavy atom. The van der Waals surface area contributed by atoms with Crippen molar-refractivity contribution in [2.45, 2.75) is 51.6 Å². The molecule has 0 aromatic heterocycles. The summed E-state index contributed by atoms with van der Waals surface area (Å²) in [5, 5.41) is 0. The van der Waals surface area contributed by atoms with Crippen molar-refractivity contribution in [2.75, 3.05) is 5.75 Å². The summed E-state index contributed by atoms with van der Waals surface area (Å²) in [6, 6.07) is 5.27. The molecule has 1 aromatic carbocycles. The first-order chi connectivity index (χ1) is 9.27. The summed E-state index contributed by atoms with van der Waals surface area (Å²) in [5.41, 5.74) is 0.680. The summed E-state index contributed by atoms with van der Waals surface area (Å²) in [7, 11) is -0.498. The number of halogens is 1. The highest BCUT2D eigenvalue weighted by atomic mass is 32.2. The number of hydrogen-bond acceptors (Lipinski definition) is 3. The van der Waals surface area contributed by atoms with Gasteiger partial charge >= 0.3 is 7.12 Å². The Morgan fingerprint density at radius 3 is 2.25 bits per heavy atom. The van der Waals surface area contributed by atoms with E-state index in [0.29, 0.717) is 5.75 Å². The van der Waals surface area contributed by atoms with Crippen molar-refractivity contribution in [3.63, 3.8) is 0 Å². The van der Waals surface area contributed by atoms with Crippen LogP contribution in [0.25, 0.3) is 0 Å². The lowest BCUT2D eigenvalue weighted by Crippen LogP contribution is -2.41. The van der Waals surface area contributed by atoms with E-state index in [0.717, 1.165) is 16.8 Å². The molecule has 0 bridgehead atoms. The van der Waals surface area contributed by atoms with Crippen LogP contribution in [0.1, 0.15) is 40.2 Å². The van der Waals surface area contributed by atoms with Crippen molar-refractivity contribution in [3.8, 4) is 0 Å². The Labute approximate surface area is 125 Å². The third kappa shape index (κ3) is 3.05. The smallest absolute Gasteiger partial charge is 0.399 e. The molecule has 1 fully saturated rings. The molecule has 2 rings (SSSR count). The molecular weight excluding hydrogens is 274 g/mol. The fourth-order valence-corrected chi connectivity index (χ4v) is 2.68. The van der Waals surface area contributed by atoms with E-state index in [4.69, 9.17) is 9.31 Å². The van der Waals surface area contributed by atoms with Crippen LogP contribution in [0.4, 0.5) is 4.39 Å². The first-order valence-corrected chi connectivity index (χ1v) is 8.14. The van der Waals surface area contributed by atoms with Gasteiger partial charge in [0.05, 0.1) is 11.2 Å². The van der Waals surface area contributed by atoms with Crippen LogP contribution in [0.15, 0.2) is 18.2 Å². The van der Waals surface area contributed by atoms with Crippen LogP contribution < -0.4 is 5.46 Å². The molecule has 0 radical (unpaired) electrons. The summed E-state index contributed by atoms with van der Waals surface area (Å²) in [6.07, 6.45) is 0. The molecular formula is C15H22BFO2S. The van der Waals surface area contributed by atoms with Crippen molar-refractivity contribution < 1.29 is 13.7 Å². The third-order valence-corrected chi connectivity index (χ3v) is 4.99. The zero-order valence-electron chi connectivity index (χ0n) is 12.8. The molecule has 0 aliphatic carbocycles. The standard InChI is InChI=1S/C15H22BFO2S/c1-6-20-10-11-7-8-12(9-13(11)17)16-18-14(2,3)15(4,5)19-16/h7-9H,6,10H2,1-5H3. The van der Waals surface area contributed by atoms with Gasteiger partial charge in [-0.1, -0.05) is 19.1 Å². The molecule has 1 saturated heterocycles. The van der Waals surface area contributed by atoms with E-state index in [1.807, 2.05) is 39.8 Å². The lowest BCUT2D eigenvalue weighted by atomic mass is 9.79. The number of benzene rings is 1. The van der Waals surface area contributed by atoms with Gasteiger partial charge in [-0.05, 0) is 50.5 Å². The molecule has 0 amide bonds. The van der Waals surface area contributed by atoms with E-state index >= 15 is 0 Å². The van der Waals surface area contributed by atoms with Gasteiger partial charge in [-0.25, -0.2) is 4.39 Å². The summed E-state index contributed by atoms with van der Waals surface area (Å²) >= 11 is 1.71. The van der Waals surface area contributed by atoms with E-state index in [1.54, 1.807) is 11.8 Å². The number of hydrogen-bond donors (Lipinski definition) is 0. The lowest BCUT2D eigenvalue weighted by Gasteiger charge is -2.32. The molecule has 1 aromatic rings. The summed E-state index contributed by atoms with van der Waals surface area (Å²) in [5.74, 6) is 1.50. The summed E-state index contributed by atoms with van der Waals surface area (Å²) in [4.78, 5) is 0. The average Bonchev–Trinajstić information content (AvgIpc) is 2.57. The van der Waals surface area contributed by atoms with Crippen LogP contribution >= 0.6 is 11.8 Å². The monoisotopic (exact) mass is 296 g/mol. The lowest BCUT2D eigenvalue weighted by molar-refractivity contribution is 0.00578. The van der Waals surface area contributed by atoms with Crippen LogP contribution in [0.2, 0.25) is 0 Å². The maximum Gasteiger partial charge on any atom is 0.494 e. The van der Waals surface area contributed by atoms with Gasteiger partial charge in [-0.2, -0.15) is 11.8 Å². The minimum Gasteiger partial charge on any atom is -0.399 e. The van der Waals surface area contributed by atoms with Crippen molar-refractivity contribution in [2.24, 2.45) is 0 Å². The van der Waals surface area contributed by atoms with Crippen molar-refractivity contribution >= 4 is 24.3 Å². The van der Waals surface area contributed by atoms with Crippen molar-refractivity contribution in [3.05, 3.63) is 29.6 Å². The second-order valence-electron chi connectivity index (χ2n) is 6.08. The van der Waals surface area contributed by atoms with Gasteiger partial charge in [0, 0.05) is 5.75 Å². The fraction of sp³-hybridized carbons (Fsp3) is 0.600. The molecule has 0 saturated carbocycles. The summed E-state index contributed by atoms with van der Waals surface area (Å²) in [6.45, 7) is 10.1. The first-order valence-electron chi connectivity index (χ1n) is 6.98. The zero-order chi connectivity index (χ0) is 15.0. The van der Waals surface area contributed by atoms with Crippen LogP contribution in [0.3, 0.4) is 0 Å². The maximum atomic E-state index is 14.1. The Balaban J connectivity index is 2.17. The highest BCUT2D eigenvalue weighted by Gasteiger charge is 2.51. The molecule has 110 valence electrons. The molecule has 0 unspecified atom stereocenters. The second-order valence-corrected chi connectivity index (χ2v) is 7.35. The van der Waals surface area contributed by atoms with E-state index < -0.39 is 18.3 Å². The van der Waals surface area contributed by atoms with Gasteiger partial charge in [-0.3, -0.25) is 0 Å². The SMILES string of the molecule is CCSCc1ccc(B2OC(C)(C)C(C)(C)O2)cc1F. The summed E-state index contributed by atoms with van der Waals surface area (Å²) < 4.78 is 26.0. The van der Waals surface area contributed by atoms with Crippen LogP contribution in [-0.4, -0.2) is 24.1 Å². The van der Waals surface area contributed by atoms with Gasteiger partial charge in [0.2, 0.25) is 0 Å². The normalized spacial score (nSPS) is 20.4. The highest BCUT2D eigenvalue weighted by Crippen LogP contribution is 2.36. The van der Waals surface area contributed by atoms with Gasteiger partial charge in [-0.15, -0.1) is 0 Å². The van der Waals surface area contributed by atoms with E-state index in [-0.39, 0.29) is 5.82 Å². The third-order valence-electron chi connectivity index (χ3n) is 4.06. The minimum atomic E-state index is -0.498. The van der Waals surface area contributed by atoms with E-state index in [1.165, 1.54) is 6.07 Å².